The van der Waals surface area contributed by atoms with E-state index in [4.69, 9.17) is 11.0 Å². The van der Waals surface area contributed by atoms with Crippen molar-refractivity contribution < 1.29 is 0 Å². The number of nitrogens with zero attached hydrogens (tertiary/aromatic N) is 2. The monoisotopic (exact) mass is 134 g/mol. The Labute approximate surface area is 58.0 Å². The highest BCUT2D eigenvalue weighted by atomic mass is 15.1. The van der Waals surface area contributed by atoms with Gasteiger partial charge in [0.2, 0.25) is 0 Å². The van der Waals surface area contributed by atoms with Crippen LogP contribution in [0.2, 0.25) is 0 Å². The lowest BCUT2D eigenvalue weighted by Crippen LogP contribution is -1.85. The summed E-state index contributed by atoms with van der Waals surface area (Å²) < 4.78 is 0. The minimum absolute atomic E-state index is 0.478. The predicted octanol–water partition coefficient (Wildman–Crippen LogP) is 0.529. The number of hydrogen-bond donors (Lipinski definition) is 2. The molecule has 0 amide bonds. The molecule has 0 fully saturated rings. The number of nitrogen functional groups attached to an aromatic ring is 1. The Hall–Kier alpha value is -1.76. The van der Waals surface area contributed by atoms with Gasteiger partial charge in [0.1, 0.15) is 5.82 Å². The molecule has 10 heavy (non-hydrogen) atoms. The zero-order valence-corrected chi connectivity index (χ0v) is 5.20. The maximum absolute atomic E-state index is 8.15. The quantitative estimate of drug-likeness (QED) is 0.550. The van der Waals surface area contributed by atoms with Gasteiger partial charge in [0.05, 0.1) is 12.3 Å². The number of rotatable bonds is 1. The molecule has 0 radical (unpaired) electrons. The summed E-state index contributed by atoms with van der Waals surface area (Å²) >= 11 is 0. The second-order valence-electron chi connectivity index (χ2n) is 1.70. The average molecular weight is 134 g/mol. The van der Waals surface area contributed by atoms with Gasteiger partial charge in [0, 0.05) is 11.6 Å². The van der Waals surface area contributed by atoms with Gasteiger partial charge in [-0.25, -0.2) is 0 Å². The third-order valence-electron chi connectivity index (χ3n) is 1.04. The van der Waals surface area contributed by atoms with E-state index in [1.54, 1.807) is 12.3 Å². The van der Waals surface area contributed by atoms with Gasteiger partial charge in [-0.15, -0.1) is 0 Å². The number of nitrogens with two attached hydrogens (primary N) is 1. The van der Waals surface area contributed by atoms with E-state index in [9.17, 15) is 0 Å². The molecule has 0 spiro atoms. The molecule has 0 saturated carbocycles. The van der Waals surface area contributed by atoms with Crippen LogP contribution in [0.4, 0.5) is 5.82 Å². The first-order valence-electron chi connectivity index (χ1n) is 2.69. The summed E-state index contributed by atoms with van der Waals surface area (Å²) in [6.07, 6.45) is 4.50. The number of nitrogens with one attached hydrogen (secondary N) is 1. The molecule has 0 aliphatic heterocycles. The molecule has 4 nitrogen and oxygen atoms in total. The van der Waals surface area contributed by atoms with Crippen LogP contribution in [0.1, 0.15) is 5.56 Å². The number of aromatic nitrogens is 2. The van der Waals surface area contributed by atoms with Gasteiger partial charge >= 0.3 is 0 Å². The molecular formula is C6H6N4. The van der Waals surface area contributed by atoms with Gasteiger partial charge in [-0.1, -0.05) is 0 Å². The number of H-pyrrole nitrogens is 1. The smallest absolute Gasteiger partial charge is 0.126 e. The summed E-state index contributed by atoms with van der Waals surface area (Å²) in [5, 5.41) is 14.4. The SMILES string of the molecule is N#CC=Cc1cn[nH]c1N. The molecule has 0 saturated heterocycles. The van der Waals surface area contributed by atoms with Crippen LogP contribution in [-0.2, 0) is 0 Å². The largest absolute Gasteiger partial charge is 0.384 e. The second kappa shape index (κ2) is 2.69. The molecule has 0 aliphatic carbocycles. The van der Waals surface area contributed by atoms with E-state index in [1.807, 2.05) is 6.07 Å². The van der Waals surface area contributed by atoms with Gasteiger partial charge in [0.25, 0.3) is 0 Å². The first-order chi connectivity index (χ1) is 4.84. The summed E-state index contributed by atoms with van der Waals surface area (Å²) in [5.74, 6) is 0.478. The number of hydrogen-bond acceptors (Lipinski definition) is 3. The van der Waals surface area contributed by atoms with E-state index < -0.39 is 0 Å². The Balaban J connectivity index is 2.87. The Morgan fingerprint density at radius 1 is 1.80 bits per heavy atom. The Morgan fingerprint density at radius 3 is 3.10 bits per heavy atom. The summed E-state index contributed by atoms with van der Waals surface area (Å²) in [6.45, 7) is 0. The molecule has 1 aromatic heterocycles. The second-order valence-corrected chi connectivity index (χ2v) is 1.70. The van der Waals surface area contributed by atoms with Crippen LogP contribution >= 0.6 is 0 Å². The molecule has 0 unspecified atom stereocenters. The Morgan fingerprint density at radius 2 is 2.60 bits per heavy atom. The molecule has 0 aromatic carbocycles. The van der Waals surface area contributed by atoms with E-state index in [-0.39, 0.29) is 0 Å². The third-order valence-corrected chi connectivity index (χ3v) is 1.04. The van der Waals surface area contributed by atoms with E-state index in [0.29, 0.717) is 5.82 Å². The van der Waals surface area contributed by atoms with Crippen LogP contribution in [0.5, 0.6) is 0 Å². The van der Waals surface area contributed by atoms with Crippen molar-refractivity contribution in [1.82, 2.24) is 10.2 Å². The van der Waals surface area contributed by atoms with Crippen LogP contribution < -0.4 is 5.73 Å². The van der Waals surface area contributed by atoms with Gasteiger partial charge in [-0.05, 0) is 6.08 Å². The summed E-state index contributed by atoms with van der Waals surface area (Å²) in [4.78, 5) is 0. The Bertz CT molecular complexity index is 278. The van der Waals surface area contributed by atoms with Crippen LogP contribution in [0.15, 0.2) is 12.3 Å². The lowest BCUT2D eigenvalue weighted by atomic mass is 10.3. The first kappa shape index (κ1) is 6.36. The van der Waals surface area contributed by atoms with Gasteiger partial charge in [-0.3, -0.25) is 5.10 Å². The number of anilines is 1. The zero-order chi connectivity index (χ0) is 7.40. The fourth-order valence-corrected chi connectivity index (χ4v) is 0.565. The van der Waals surface area contributed by atoms with Crippen molar-refractivity contribution in [3.63, 3.8) is 0 Å². The lowest BCUT2D eigenvalue weighted by molar-refractivity contribution is 1.10. The summed E-state index contributed by atoms with van der Waals surface area (Å²) in [5.41, 5.74) is 6.14. The highest BCUT2D eigenvalue weighted by Gasteiger charge is 1.93. The molecule has 1 heterocycles. The summed E-state index contributed by atoms with van der Waals surface area (Å²) in [6, 6.07) is 1.86. The van der Waals surface area contributed by atoms with Crippen molar-refractivity contribution in [3.8, 4) is 6.07 Å². The number of allylic oxidation sites excluding steroid dienone is 1. The number of aromatic amines is 1. The lowest BCUT2D eigenvalue weighted by Gasteiger charge is -1.83. The normalized spacial score (nSPS) is 9.90. The third kappa shape index (κ3) is 1.14. The summed E-state index contributed by atoms with van der Waals surface area (Å²) in [7, 11) is 0. The van der Waals surface area contributed by atoms with E-state index in [0.717, 1.165) is 5.56 Å². The van der Waals surface area contributed by atoms with E-state index in [1.165, 1.54) is 6.08 Å². The van der Waals surface area contributed by atoms with Crippen molar-refractivity contribution in [2.75, 3.05) is 5.73 Å². The predicted molar refractivity (Wildman–Crippen MR) is 37.6 cm³/mol. The van der Waals surface area contributed by atoms with Crippen molar-refractivity contribution >= 4 is 11.9 Å². The topological polar surface area (TPSA) is 78.5 Å². The van der Waals surface area contributed by atoms with Crippen molar-refractivity contribution in [1.29, 1.82) is 5.26 Å². The average Bonchev–Trinajstić information content (AvgIpc) is 2.31. The minimum Gasteiger partial charge on any atom is -0.384 e. The highest BCUT2D eigenvalue weighted by Crippen LogP contribution is 2.06. The molecule has 0 atom stereocenters. The zero-order valence-electron chi connectivity index (χ0n) is 5.20. The molecule has 4 heteroatoms. The van der Waals surface area contributed by atoms with Crippen LogP contribution in [0.3, 0.4) is 0 Å². The van der Waals surface area contributed by atoms with E-state index in [2.05, 4.69) is 10.2 Å². The maximum atomic E-state index is 8.15. The fraction of sp³-hybridized carbons (Fsp3) is 0. The standard InChI is InChI=1S/C6H6N4/c7-3-1-2-5-4-9-10-6(5)8/h1-2,4H,(H3,8,9,10). The van der Waals surface area contributed by atoms with Gasteiger partial charge in [0.15, 0.2) is 0 Å². The van der Waals surface area contributed by atoms with Crippen LogP contribution in [0.25, 0.3) is 6.08 Å². The molecule has 50 valence electrons. The highest BCUT2D eigenvalue weighted by molar-refractivity contribution is 5.61. The molecule has 0 bridgehead atoms. The molecule has 1 aromatic rings. The first-order valence-corrected chi connectivity index (χ1v) is 2.69. The van der Waals surface area contributed by atoms with Crippen molar-refractivity contribution in [2.24, 2.45) is 0 Å². The minimum atomic E-state index is 0.478. The van der Waals surface area contributed by atoms with Crippen LogP contribution in [-0.4, -0.2) is 10.2 Å². The van der Waals surface area contributed by atoms with Crippen molar-refractivity contribution in [2.45, 2.75) is 0 Å². The fourth-order valence-electron chi connectivity index (χ4n) is 0.565. The van der Waals surface area contributed by atoms with Crippen molar-refractivity contribution in [3.05, 3.63) is 17.8 Å². The molecule has 3 N–H and O–H groups in total. The number of nitriles is 1. The molecule has 0 aliphatic rings. The van der Waals surface area contributed by atoms with Gasteiger partial charge < -0.3 is 5.73 Å². The maximum Gasteiger partial charge on any atom is 0.126 e. The van der Waals surface area contributed by atoms with Gasteiger partial charge in [-0.2, -0.15) is 10.4 Å². The molecule has 1 rings (SSSR count). The Kier molecular flexibility index (Phi) is 1.71. The van der Waals surface area contributed by atoms with Crippen LogP contribution in [0, 0.1) is 11.3 Å². The molecular weight excluding hydrogens is 128 g/mol. The van der Waals surface area contributed by atoms with E-state index >= 15 is 0 Å².